The van der Waals surface area contributed by atoms with E-state index in [9.17, 15) is 14.0 Å². The van der Waals surface area contributed by atoms with Crippen LogP contribution in [0.5, 0.6) is 5.75 Å². The number of hydrogen-bond acceptors (Lipinski definition) is 5. The molecule has 4 rings (SSSR count). The Morgan fingerprint density at radius 3 is 2.33 bits per heavy atom. The number of ether oxygens (including phenoxy) is 2. The van der Waals surface area contributed by atoms with Crippen LogP contribution < -0.4 is 10.5 Å². The highest BCUT2D eigenvalue weighted by Crippen LogP contribution is 2.33. The van der Waals surface area contributed by atoms with Gasteiger partial charge in [0.2, 0.25) is 5.91 Å². The number of nitrogens with two attached hydrogens (primary N) is 1. The van der Waals surface area contributed by atoms with Crippen molar-refractivity contribution in [3.05, 3.63) is 107 Å². The molecule has 6 nitrogen and oxygen atoms in total. The average molecular weight is 444 g/mol. The quantitative estimate of drug-likeness (QED) is 0.426. The second-order valence-corrected chi connectivity index (χ2v) is 7.47. The Morgan fingerprint density at radius 2 is 1.67 bits per heavy atom. The number of carbonyl (C=O) groups excluding carboxylic acids is 2. The van der Waals surface area contributed by atoms with Gasteiger partial charge in [0, 0.05) is 17.1 Å². The van der Waals surface area contributed by atoms with Crippen LogP contribution in [0.15, 0.2) is 72.9 Å². The molecule has 3 aromatic carbocycles. The fourth-order valence-electron chi connectivity index (χ4n) is 3.59. The maximum atomic E-state index is 13.2. The molecule has 166 valence electrons. The number of carbonyl (C=O) groups is 2. The molecular weight excluding hydrogens is 423 g/mol. The first-order chi connectivity index (χ1) is 16.0. The molecule has 4 aromatic rings. The molecule has 0 spiro atoms. The molecule has 0 saturated carbocycles. The van der Waals surface area contributed by atoms with Gasteiger partial charge in [0.1, 0.15) is 23.5 Å². The van der Waals surface area contributed by atoms with Gasteiger partial charge in [-0.2, -0.15) is 0 Å². The van der Waals surface area contributed by atoms with Gasteiger partial charge in [0.25, 0.3) is 0 Å². The van der Waals surface area contributed by atoms with Crippen molar-refractivity contribution < 1.29 is 23.5 Å². The maximum Gasteiger partial charge on any atom is 0.341 e. The number of methoxy groups -OCH3 is 1. The predicted octanol–water partition coefficient (Wildman–Crippen LogP) is 4.43. The Labute approximate surface area is 189 Å². The monoisotopic (exact) mass is 444 g/mol. The molecule has 1 aromatic heterocycles. The Bertz CT molecular complexity index is 1320. The lowest BCUT2D eigenvalue weighted by Crippen LogP contribution is -2.15. The molecule has 0 unspecified atom stereocenters. The smallest absolute Gasteiger partial charge is 0.341 e. The van der Waals surface area contributed by atoms with Crippen molar-refractivity contribution in [2.75, 3.05) is 7.11 Å². The minimum absolute atomic E-state index is 0.0634. The topological polar surface area (TPSA) is 91.5 Å². The van der Waals surface area contributed by atoms with Gasteiger partial charge in [-0.1, -0.05) is 42.5 Å². The second-order valence-electron chi connectivity index (χ2n) is 7.47. The first-order valence-corrected chi connectivity index (χ1v) is 10.2. The van der Waals surface area contributed by atoms with Gasteiger partial charge in [-0.25, -0.2) is 9.18 Å². The van der Waals surface area contributed by atoms with Crippen LogP contribution in [0.25, 0.3) is 10.9 Å². The van der Waals surface area contributed by atoms with Gasteiger partial charge < -0.3 is 15.2 Å². The van der Waals surface area contributed by atoms with E-state index in [1.807, 2.05) is 30.3 Å². The molecule has 1 amide bonds. The summed E-state index contributed by atoms with van der Waals surface area (Å²) in [6.45, 7) is 0.189. The van der Waals surface area contributed by atoms with Gasteiger partial charge in [-0.3, -0.25) is 9.78 Å². The summed E-state index contributed by atoms with van der Waals surface area (Å²) in [5.41, 5.74) is 8.71. The number of pyridine rings is 1. The normalized spacial score (nSPS) is 10.7. The van der Waals surface area contributed by atoms with Gasteiger partial charge in [0.15, 0.2) is 5.75 Å². The molecule has 0 aliphatic heterocycles. The summed E-state index contributed by atoms with van der Waals surface area (Å²) in [7, 11) is 1.25. The van der Waals surface area contributed by atoms with Crippen LogP contribution in [-0.2, 0) is 17.8 Å². The summed E-state index contributed by atoms with van der Waals surface area (Å²) in [6.07, 6.45) is 2.10. The van der Waals surface area contributed by atoms with Crippen LogP contribution in [0.2, 0.25) is 0 Å². The van der Waals surface area contributed by atoms with Crippen molar-refractivity contribution in [2.24, 2.45) is 5.73 Å². The lowest BCUT2D eigenvalue weighted by atomic mass is 9.99. The van der Waals surface area contributed by atoms with Crippen LogP contribution in [-0.4, -0.2) is 24.0 Å². The van der Waals surface area contributed by atoms with Crippen LogP contribution >= 0.6 is 0 Å². The SMILES string of the molecule is COC(=O)c1cc(C(N)=O)c2cc(Cc3ccc(F)cc3)cnc2c1OCc1ccccc1. The molecule has 0 radical (unpaired) electrons. The first kappa shape index (κ1) is 22.0. The minimum Gasteiger partial charge on any atom is -0.486 e. The average Bonchev–Trinajstić information content (AvgIpc) is 2.83. The van der Waals surface area contributed by atoms with E-state index in [1.165, 1.54) is 25.3 Å². The molecule has 0 aliphatic rings. The summed E-state index contributed by atoms with van der Waals surface area (Å²) in [5, 5.41) is 0.456. The Morgan fingerprint density at radius 1 is 0.939 bits per heavy atom. The largest absolute Gasteiger partial charge is 0.486 e. The number of hydrogen-bond donors (Lipinski definition) is 1. The number of nitrogens with zero attached hydrogens (tertiary/aromatic N) is 1. The zero-order valence-electron chi connectivity index (χ0n) is 17.9. The van der Waals surface area contributed by atoms with E-state index in [0.29, 0.717) is 17.3 Å². The summed E-state index contributed by atoms with van der Waals surface area (Å²) < 4.78 is 24.1. The molecule has 0 saturated heterocycles. The number of benzene rings is 3. The highest BCUT2D eigenvalue weighted by molar-refractivity contribution is 6.11. The van der Waals surface area contributed by atoms with Gasteiger partial charge in [-0.05, 0) is 47.4 Å². The summed E-state index contributed by atoms with van der Waals surface area (Å²) >= 11 is 0. The lowest BCUT2D eigenvalue weighted by Gasteiger charge is -2.16. The van der Waals surface area contributed by atoms with Crippen molar-refractivity contribution in [2.45, 2.75) is 13.0 Å². The molecule has 33 heavy (non-hydrogen) atoms. The van der Waals surface area contributed by atoms with Gasteiger partial charge in [-0.15, -0.1) is 0 Å². The highest BCUT2D eigenvalue weighted by Gasteiger charge is 2.23. The fraction of sp³-hybridized carbons (Fsp3) is 0.115. The lowest BCUT2D eigenvalue weighted by molar-refractivity contribution is 0.0596. The number of primary amides is 1. The molecule has 7 heteroatoms. The summed E-state index contributed by atoms with van der Waals surface area (Å²) in [4.78, 5) is 29.2. The molecular formula is C26H21FN2O4. The zero-order valence-corrected chi connectivity index (χ0v) is 17.9. The third kappa shape index (κ3) is 4.82. The van der Waals surface area contributed by atoms with Crippen molar-refractivity contribution in [3.8, 4) is 5.75 Å². The molecule has 2 N–H and O–H groups in total. The summed E-state index contributed by atoms with van der Waals surface area (Å²) in [5.74, 6) is -1.49. The van der Waals surface area contributed by atoms with E-state index in [-0.39, 0.29) is 29.3 Å². The maximum absolute atomic E-state index is 13.2. The molecule has 0 atom stereocenters. The first-order valence-electron chi connectivity index (χ1n) is 10.2. The van der Waals surface area contributed by atoms with E-state index in [0.717, 1.165) is 16.7 Å². The van der Waals surface area contributed by atoms with E-state index < -0.39 is 11.9 Å². The van der Waals surface area contributed by atoms with E-state index in [1.54, 1.807) is 24.4 Å². The van der Waals surface area contributed by atoms with Crippen LogP contribution in [0.4, 0.5) is 4.39 Å². The standard InChI is InChI=1S/C26H21FN2O4/c1-32-26(31)22-13-21(25(28)30)20-12-18(11-16-7-9-19(27)10-8-16)14-29-23(20)24(22)33-15-17-5-3-2-4-6-17/h2-10,12-14H,11,15H2,1H3,(H2,28,30). The zero-order chi connectivity index (χ0) is 23.4. The minimum atomic E-state index is -0.708. The third-order valence-electron chi connectivity index (χ3n) is 5.20. The number of rotatable bonds is 7. The number of amides is 1. The Balaban J connectivity index is 1.82. The molecule has 1 heterocycles. The predicted molar refractivity (Wildman–Crippen MR) is 122 cm³/mol. The fourth-order valence-corrected chi connectivity index (χ4v) is 3.59. The van der Waals surface area contributed by atoms with Crippen molar-refractivity contribution >= 4 is 22.8 Å². The van der Waals surface area contributed by atoms with Crippen LogP contribution in [0.1, 0.15) is 37.4 Å². The second kappa shape index (κ2) is 9.48. The number of fused-ring (bicyclic) bond motifs is 1. The van der Waals surface area contributed by atoms with E-state index in [2.05, 4.69) is 4.98 Å². The molecule has 0 fully saturated rings. The Hall–Kier alpha value is -4.26. The number of aromatic nitrogens is 1. The summed E-state index contributed by atoms with van der Waals surface area (Å²) in [6, 6.07) is 18.7. The molecule has 0 aliphatic carbocycles. The van der Waals surface area contributed by atoms with E-state index >= 15 is 0 Å². The highest BCUT2D eigenvalue weighted by atomic mass is 19.1. The molecule has 0 bridgehead atoms. The van der Waals surface area contributed by atoms with E-state index in [4.69, 9.17) is 15.2 Å². The van der Waals surface area contributed by atoms with Crippen molar-refractivity contribution in [1.82, 2.24) is 4.98 Å². The number of esters is 1. The third-order valence-corrected chi connectivity index (χ3v) is 5.20. The van der Waals surface area contributed by atoms with Gasteiger partial charge in [0.05, 0.1) is 7.11 Å². The van der Waals surface area contributed by atoms with Crippen molar-refractivity contribution in [1.29, 1.82) is 0 Å². The van der Waals surface area contributed by atoms with Crippen LogP contribution in [0.3, 0.4) is 0 Å². The van der Waals surface area contributed by atoms with Crippen LogP contribution in [0, 0.1) is 5.82 Å². The Kier molecular flexibility index (Phi) is 6.31. The number of halogens is 1. The van der Waals surface area contributed by atoms with Gasteiger partial charge >= 0.3 is 5.97 Å². The van der Waals surface area contributed by atoms with Crippen molar-refractivity contribution in [3.63, 3.8) is 0 Å².